The van der Waals surface area contributed by atoms with Crippen LogP contribution in [0.25, 0.3) is 0 Å². The summed E-state index contributed by atoms with van der Waals surface area (Å²) in [5, 5.41) is 4.46. The van der Waals surface area contributed by atoms with Gasteiger partial charge in [0.1, 0.15) is 0 Å². The molecule has 0 radical (unpaired) electrons. The van der Waals surface area contributed by atoms with Crippen molar-refractivity contribution in [3.05, 3.63) is 34.9 Å². The van der Waals surface area contributed by atoms with Gasteiger partial charge >= 0.3 is 0 Å². The van der Waals surface area contributed by atoms with Gasteiger partial charge in [-0.1, -0.05) is 29.8 Å². The second-order valence-corrected chi connectivity index (χ2v) is 5.13. The van der Waals surface area contributed by atoms with E-state index in [-0.39, 0.29) is 6.04 Å². The van der Waals surface area contributed by atoms with Crippen LogP contribution in [0.5, 0.6) is 0 Å². The SMILES string of the molecule is COC1CCCC1NC(C)c1ccccc1Cl. The first-order chi connectivity index (χ1) is 8.22. The Morgan fingerprint density at radius 3 is 2.82 bits per heavy atom. The van der Waals surface area contributed by atoms with Crippen molar-refractivity contribution >= 4 is 11.6 Å². The van der Waals surface area contributed by atoms with E-state index in [1.54, 1.807) is 7.11 Å². The zero-order valence-electron chi connectivity index (χ0n) is 10.4. The Morgan fingerprint density at radius 2 is 2.12 bits per heavy atom. The summed E-state index contributed by atoms with van der Waals surface area (Å²) < 4.78 is 5.50. The summed E-state index contributed by atoms with van der Waals surface area (Å²) in [6, 6.07) is 8.73. The highest BCUT2D eigenvalue weighted by molar-refractivity contribution is 6.31. The molecule has 3 atom stereocenters. The normalized spacial score (nSPS) is 26.1. The van der Waals surface area contributed by atoms with Crippen molar-refractivity contribution in [2.24, 2.45) is 0 Å². The van der Waals surface area contributed by atoms with Gasteiger partial charge in [-0.3, -0.25) is 0 Å². The van der Waals surface area contributed by atoms with Crippen LogP contribution in [0.1, 0.15) is 37.8 Å². The van der Waals surface area contributed by atoms with Crippen molar-refractivity contribution in [1.29, 1.82) is 0 Å². The first-order valence-corrected chi connectivity index (χ1v) is 6.63. The fraction of sp³-hybridized carbons (Fsp3) is 0.571. The van der Waals surface area contributed by atoms with Gasteiger partial charge < -0.3 is 10.1 Å². The number of hydrogen-bond acceptors (Lipinski definition) is 2. The van der Waals surface area contributed by atoms with Crippen LogP contribution in [0.2, 0.25) is 5.02 Å². The van der Waals surface area contributed by atoms with Crippen LogP contribution < -0.4 is 5.32 Å². The smallest absolute Gasteiger partial charge is 0.0724 e. The van der Waals surface area contributed by atoms with Gasteiger partial charge in [0.15, 0.2) is 0 Å². The van der Waals surface area contributed by atoms with Crippen LogP contribution in [0, 0.1) is 0 Å². The van der Waals surface area contributed by atoms with E-state index in [0.29, 0.717) is 12.1 Å². The molecule has 3 unspecified atom stereocenters. The molecule has 1 aromatic rings. The van der Waals surface area contributed by atoms with E-state index < -0.39 is 0 Å². The quantitative estimate of drug-likeness (QED) is 0.886. The second kappa shape index (κ2) is 5.85. The van der Waals surface area contributed by atoms with E-state index in [1.165, 1.54) is 12.8 Å². The molecule has 1 N–H and O–H groups in total. The molecule has 2 rings (SSSR count). The summed E-state index contributed by atoms with van der Waals surface area (Å²) in [6.07, 6.45) is 3.93. The minimum atomic E-state index is 0.268. The number of methoxy groups -OCH3 is 1. The van der Waals surface area contributed by atoms with Crippen molar-refractivity contribution < 1.29 is 4.74 Å². The summed E-state index contributed by atoms with van der Waals surface area (Å²) in [6.45, 7) is 2.16. The number of nitrogens with one attached hydrogen (secondary N) is 1. The van der Waals surface area contributed by atoms with E-state index >= 15 is 0 Å². The molecule has 2 nitrogen and oxygen atoms in total. The first kappa shape index (κ1) is 12.9. The maximum absolute atomic E-state index is 6.20. The molecule has 0 saturated heterocycles. The van der Waals surface area contributed by atoms with Gasteiger partial charge in [-0.2, -0.15) is 0 Å². The lowest BCUT2D eigenvalue weighted by atomic mass is 10.1. The van der Waals surface area contributed by atoms with Crippen LogP contribution in [-0.4, -0.2) is 19.3 Å². The summed E-state index contributed by atoms with van der Waals surface area (Å²) in [7, 11) is 1.80. The highest BCUT2D eigenvalue weighted by Crippen LogP contribution is 2.27. The molecule has 1 aliphatic rings. The molecule has 1 saturated carbocycles. The van der Waals surface area contributed by atoms with Crippen molar-refractivity contribution in [3.8, 4) is 0 Å². The van der Waals surface area contributed by atoms with Crippen LogP contribution in [-0.2, 0) is 4.74 Å². The summed E-state index contributed by atoms with van der Waals surface area (Å²) in [5.41, 5.74) is 1.16. The third-order valence-electron chi connectivity index (χ3n) is 3.59. The Bertz CT molecular complexity index is 369. The Kier molecular flexibility index (Phi) is 4.43. The zero-order chi connectivity index (χ0) is 12.3. The molecule has 1 aromatic carbocycles. The Balaban J connectivity index is 2.01. The highest BCUT2D eigenvalue weighted by atomic mass is 35.5. The van der Waals surface area contributed by atoms with E-state index in [2.05, 4.69) is 18.3 Å². The molecule has 0 spiro atoms. The lowest BCUT2D eigenvalue weighted by Gasteiger charge is -2.25. The number of ether oxygens (including phenoxy) is 1. The molecule has 17 heavy (non-hydrogen) atoms. The Labute approximate surface area is 108 Å². The fourth-order valence-corrected chi connectivity index (χ4v) is 2.94. The lowest BCUT2D eigenvalue weighted by Crippen LogP contribution is -2.38. The minimum absolute atomic E-state index is 0.268. The molecule has 3 heteroatoms. The number of rotatable bonds is 4. The molecular weight excluding hydrogens is 234 g/mol. The monoisotopic (exact) mass is 253 g/mol. The van der Waals surface area contributed by atoms with Gasteiger partial charge in [0.2, 0.25) is 0 Å². The standard InChI is InChI=1S/C14H20ClNO/c1-10(11-6-3-4-7-12(11)15)16-13-8-5-9-14(13)17-2/h3-4,6-7,10,13-14,16H,5,8-9H2,1-2H3. The average Bonchev–Trinajstić information content (AvgIpc) is 2.76. The molecule has 0 bridgehead atoms. The second-order valence-electron chi connectivity index (χ2n) is 4.72. The molecule has 1 aliphatic carbocycles. The molecular formula is C14H20ClNO. The van der Waals surface area contributed by atoms with Crippen LogP contribution in [0.4, 0.5) is 0 Å². The zero-order valence-corrected chi connectivity index (χ0v) is 11.2. The van der Waals surface area contributed by atoms with E-state index in [0.717, 1.165) is 17.0 Å². The van der Waals surface area contributed by atoms with Gasteiger partial charge in [0.25, 0.3) is 0 Å². The van der Waals surface area contributed by atoms with E-state index in [9.17, 15) is 0 Å². The van der Waals surface area contributed by atoms with Crippen LogP contribution >= 0.6 is 11.6 Å². The third-order valence-corrected chi connectivity index (χ3v) is 3.94. The topological polar surface area (TPSA) is 21.3 Å². The van der Waals surface area contributed by atoms with Crippen molar-refractivity contribution in [2.45, 2.75) is 44.4 Å². The van der Waals surface area contributed by atoms with Crippen LogP contribution in [0.3, 0.4) is 0 Å². The molecule has 0 aromatic heterocycles. The maximum atomic E-state index is 6.20. The molecule has 94 valence electrons. The largest absolute Gasteiger partial charge is 0.380 e. The maximum Gasteiger partial charge on any atom is 0.0724 e. The van der Waals surface area contributed by atoms with E-state index in [4.69, 9.17) is 16.3 Å². The average molecular weight is 254 g/mol. The highest BCUT2D eigenvalue weighted by Gasteiger charge is 2.28. The molecule has 0 aliphatic heterocycles. The molecule has 0 amide bonds. The summed E-state index contributed by atoms with van der Waals surface area (Å²) >= 11 is 6.20. The summed E-state index contributed by atoms with van der Waals surface area (Å²) in [4.78, 5) is 0. The van der Waals surface area contributed by atoms with Gasteiger partial charge in [-0.05, 0) is 37.8 Å². The summed E-state index contributed by atoms with van der Waals surface area (Å²) in [5.74, 6) is 0. The lowest BCUT2D eigenvalue weighted by molar-refractivity contribution is 0.0820. The fourth-order valence-electron chi connectivity index (χ4n) is 2.64. The van der Waals surface area contributed by atoms with E-state index in [1.807, 2.05) is 18.2 Å². The minimum Gasteiger partial charge on any atom is -0.380 e. The number of hydrogen-bond donors (Lipinski definition) is 1. The first-order valence-electron chi connectivity index (χ1n) is 6.25. The number of halogens is 1. The van der Waals surface area contributed by atoms with Crippen molar-refractivity contribution in [3.63, 3.8) is 0 Å². The van der Waals surface area contributed by atoms with Gasteiger partial charge in [0, 0.05) is 24.2 Å². The van der Waals surface area contributed by atoms with Crippen molar-refractivity contribution in [1.82, 2.24) is 5.32 Å². The number of benzene rings is 1. The predicted molar refractivity (Wildman–Crippen MR) is 71.4 cm³/mol. The third kappa shape index (κ3) is 3.01. The van der Waals surface area contributed by atoms with Gasteiger partial charge in [0.05, 0.1) is 6.10 Å². The molecule has 1 fully saturated rings. The molecule has 0 heterocycles. The predicted octanol–water partition coefficient (Wildman–Crippen LogP) is 3.56. The van der Waals surface area contributed by atoms with Gasteiger partial charge in [-0.25, -0.2) is 0 Å². The Hall–Kier alpha value is -0.570. The van der Waals surface area contributed by atoms with Crippen LogP contribution in [0.15, 0.2) is 24.3 Å². The van der Waals surface area contributed by atoms with Crippen molar-refractivity contribution in [2.75, 3.05) is 7.11 Å². The van der Waals surface area contributed by atoms with Gasteiger partial charge in [-0.15, -0.1) is 0 Å². The Morgan fingerprint density at radius 1 is 1.35 bits per heavy atom.